The van der Waals surface area contributed by atoms with E-state index in [0.29, 0.717) is 19.0 Å². The molecule has 0 bridgehead atoms. The van der Waals surface area contributed by atoms with Crippen LogP contribution in [0.2, 0.25) is 0 Å². The van der Waals surface area contributed by atoms with Crippen LogP contribution in [0.5, 0.6) is 0 Å². The molecule has 0 saturated carbocycles. The molecular weight excluding hydrogens is 272 g/mol. The molecule has 1 rings (SSSR count). The first-order valence-corrected chi connectivity index (χ1v) is 7.27. The summed E-state index contributed by atoms with van der Waals surface area (Å²) < 4.78 is 16.1. The van der Waals surface area contributed by atoms with Crippen LogP contribution in [0, 0.1) is 5.41 Å². The van der Waals surface area contributed by atoms with E-state index in [1.54, 1.807) is 20.8 Å². The van der Waals surface area contributed by atoms with Crippen LogP contribution in [-0.4, -0.2) is 29.3 Å². The molecule has 0 aliphatic carbocycles. The number of nitrogens with zero attached hydrogens (tertiary/aromatic N) is 2. The molecule has 0 aliphatic heterocycles. The SMILES string of the molecule is CCOC(=O)C(C)(C)c1nc(C(OCC)C(C)(C)C)no1. The summed E-state index contributed by atoms with van der Waals surface area (Å²) in [5, 5.41) is 3.99. The predicted molar refractivity (Wildman–Crippen MR) is 77.8 cm³/mol. The topological polar surface area (TPSA) is 74.5 Å². The minimum atomic E-state index is -0.976. The van der Waals surface area contributed by atoms with Gasteiger partial charge in [0.1, 0.15) is 11.5 Å². The van der Waals surface area contributed by atoms with E-state index in [0.717, 1.165) is 0 Å². The molecule has 6 heteroatoms. The number of aromatic nitrogens is 2. The molecular formula is C15H26N2O4. The van der Waals surface area contributed by atoms with Crippen LogP contribution in [0.1, 0.15) is 66.3 Å². The largest absolute Gasteiger partial charge is 0.465 e. The molecule has 1 aromatic rings. The molecule has 120 valence electrons. The first-order valence-electron chi connectivity index (χ1n) is 7.27. The minimum absolute atomic E-state index is 0.175. The maximum atomic E-state index is 12.0. The van der Waals surface area contributed by atoms with Crippen molar-refractivity contribution < 1.29 is 18.8 Å². The Labute approximate surface area is 126 Å². The standard InChI is InChI=1S/C15H26N2O4/c1-8-19-10(14(3,4)5)11-16-12(21-17-11)15(6,7)13(18)20-9-2/h10H,8-9H2,1-7H3. The lowest BCUT2D eigenvalue weighted by Crippen LogP contribution is -2.31. The average molecular weight is 298 g/mol. The third kappa shape index (κ3) is 4.03. The Kier molecular flexibility index (Phi) is 5.50. The summed E-state index contributed by atoms with van der Waals surface area (Å²) in [6.07, 6.45) is -0.294. The van der Waals surface area contributed by atoms with Gasteiger partial charge in [-0.1, -0.05) is 25.9 Å². The van der Waals surface area contributed by atoms with Crippen molar-refractivity contribution in [1.29, 1.82) is 0 Å². The zero-order chi connectivity index (χ0) is 16.3. The fourth-order valence-corrected chi connectivity index (χ4v) is 1.87. The van der Waals surface area contributed by atoms with Crippen molar-refractivity contribution in [2.75, 3.05) is 13.2 Å². The van der Waals surface area contributed by atoms with Crippen molar-refractivity contribution in [1.82, 2.24) is 10.1 Å². The molecule has 1 heterocycles. The lowest BCUT2D eigenvalue weighted by atomic mass is 9.88. The van der Waals surface area contributed by atoms with E-state index in [9.17, 15) is 4.79 Å². The number of hydrogen-bond donors (Lipinski definition) is 0. The van der Waals surface area contributed by atoms with Crippen molar-refractivity contribution in [3.05, 3.63) is 11.7 Å². The van der Waals surface area contributed by atoms with Gasteiger partial charge in [0.25, 0.3) is 0 Å². The molecule has 0 amide bonds. The maximum Gasteiger partial charge on any atom is 0.321 e. The van der Waals surface area contributed by atoms with Gasteiger partial charge in [-0.25, -0.2) is 0 Å². The van der Waals surface area contributed by atoms with Crippen LogP contribution in [0.25, 0.3) is 0 Å². The number of hydrogen-bond acceptors (Lipinski definition) is 6. The summed E-state index contributed by atoms with van der Waals surface area (Å²) in [7, 11) is 0. The Morgan fingerprint density at radius 2 is 1.81 bits per heavy atom. The highest BCUT2D eigenvalue weighted by atomic mass is 16.5. The second kappa shape index (κ2) is 6.56. The smallest absolute Gasteiger partial charge is 0.321 e. The van der Waals surface area contributed by atoms with Crippen molar-refractivity contribution in [3.8, 4) is 0 Å². The van der Waals surface area contributed by atoms with E-state index >= 15 is 0 Å². The number of rotatable bonds is 6. The molecule has 6 nitrogen and oxygen atoms in total. The predicted octanol–water partition coefficient (Wildman–Crippen LogP) is 3.03. The third-order valence-corrected chi connectivity index (χ3v) is 3.12. The number of carbonyl (C=O) groups is 1. The van der Waals surface area contributed by atoms with E-state index in [1.165, 1.54) is 0 Å². The Morgan fingerprint density at radius 3 is 2.29 bits per heavy atom. The van der Waals surface area contributed by atoms with E-state index in [2.05, 4.69) is 10.1 Å². The summed E-state index contributed by atoms with van der Waals surface area (Å²) in [6, 6.07) is 0. The average Bonchev–Trinajstić information content (AvgIpc) is 2.84. The third-order valence-electron chi connectivity index (χ3n) is 3.12. The van der Waals surface area contributed by atoms with Crippen LogP contribution in [0.15, 0.2) is 4.52 Å². The molecule has 1 atom stereocenters. The molecule has 1 unspecified atom stereocenters. The van der Waals surface area contributed by atoms with E-state index < -0.39 is 5.41 Å². The molecule has 1 aromatic heterocycles. The zero-order valence-electron chi connectivity index (χ0n) is 14.0. The molecule has 0 radical (unpaired) electrons. The summed E-state index contributed by atoms with van der Waals surface area (Å²) in [6.45, 7) is 14.1. The second-order valence-corrected chi connectivity index (χ2v) is 6.50. The normalized spacial score (nSPS) is 14.0. The number of esters is 1. The highest BCUT2D eigenvalue weighted by molar-refractivity contribution is 5.80. The van der Waals surface area contributed by atoms with Gasteiger partial charge in [0.05, 0.1) is 6.61 Å². The first kappa shape index (κ1) is 17.6. The number of ether oxygens (including phenoxy) is 2. The van der Waals surface area contributed by atoms with E-state index in [4.69, 9.17) is 14.0 Å². The monoisotopic (exact) mass is 298 g/mol. The summed E-state index contributed by atoms with van der Waals surface area (Å²) in [5.74, 6) is 0.311. The molecule has 0 fully saturated rings. The van der Waals surface area contributed by atoms with Gasteiger partial charge in [-0.05, 0) is 33.1 Å². The number of carbonyl (C=O) groups excluding carboxylic acids is 1. The van der Waals surface area contributed by atoms with Gasteiger partial charge in [0, 0.05) is 6.61 Å². The van der Waals surface area contributed by atoms with Gasteiger partial charge >= 0.3 is 5.97 Å². The Bertz CT molecular complexity index is 474. The Morgan fingerprint density at radius 1 is 1.19 bits per heavy atom. The minimum Gasteiger partial charge on any atom is -0.465 e. The molecule has 0 spiro atoms. The highest BCUT2D eigenvalue weighted by Crippen LogP contribution is 2.35. The summed E-state index contributed by atoms with van der Waals surface area (Å²) in [4.78, 5) is 16.4. The fourth-order valence-electron chi connectivity index (χ4n) is 1.87. The van der Waals surface area contributed by atoms with E-state index in [-0.39, 0.29) is 23.4 Å². The summed E-state index contributed by atoms with van der Waals surface area (Å²) >= 11 is 0. The molecule has 0 aromatic carbocycles. The Hall–Kier alpha value is -1.43. The van der Waals surface area contributed by atoms with Crippen LogP contribution >= 0.6 is 0 Å². The molecule has 21 heavy (non-hydrogen) atoms. The van der Waals surface area contributed by atoms with Crippen LogP contribution in [0.4, 0.5) is 0 Å². The zero-order valence-corrected chi connectivity index (χ0v) is 14.0. The quantitative estimate of drug-likeness (QED) is 0.751. The lowest BCUT2D eigenvalue weighted by molar-refractivity contribution is -0.149. The molecule has 0 saturated heterocycles. The van der Waals surface area contributed by atoms with Gasteiger partial charge in [-0.2, -0.15) is 4.98 Å². The van der Waals surface area contributed by atoms with Gasteiger partial charge in [-0.3, -0.25) is 4.79 Å². The molecule has 0 N–H and O–H groups in total. The van der Waals surface area contributed by atoms with Gasteiger partial charge < -0.3 is 14.0 Å². The van der Waals surface area contributed by atoms with Crippen molar-refractivity contribution in [2.24, 2.45) is 5.41 Å². The van der Waals surface area contributed by atoms with Crippen molar-refractivity contribution in [2.45, 2.75) is 60.0 Å². The van der Waals surface area contributed by atoms with Gasteiger partial charge in [-0.15, -0.1) is 0 Å². The van der Waals surface area contributed by atoms with Crippen molar-refractivity contribution >= 4 is 5.97 Å². The van der Waals surface area contributed by atoms with Crippen LogP contribution < -0.4 is 0 Å². The van der Waals surface area contributed by atoms with Gasteiger partial charge in [0.2, 0.25) is 11.7 Å². The van der Waals surface area contributed by atoms with Crippen LogP contribution in [0.3, 0.4) is 0 Å². The first-order chi connectivity index (χ1) is 9.64. The maximum absolute atomic E-state index is 12.0. The summed E-state index contributed by atoms with van der Waals surface area (Å²) in [5.41, 5.74) is -1.15. The van der Waals surface area contributed by atoms with E-state index in [1.807, 2.05) is 27.7 Å². The second-order valence-electron chi connectivity index (χ2n) is 6.50. The van der Waals surface area contributed by atoms with Crippen LogP contribution in [-0.2, 0) is 19.7 Å². The Balaban J connectivity index is 3.06. The molecule has 0 aliphatic rings. The van der Waals surface area contributed by atoms with Gasteiger partial charge in [0.15, 0.2) is 0 Å². The fraction of sp³-hybridized carbons (Fsp3) is 0.800. The highest BCUT2D eigenvalue weighted by Gasteiger charge is 2.39. The lowest BCUT2D eigenvalue weighted by Gasteiger charge is -2.27. The van der Waals surface area contributed by atoms with Crippen molar-refractivity contribution in [3.63, 3.8) is 0 Å².